The Hall–Kier alpha value is -3.58. The van der Waals surface area contributed by atoms with Crippen LogP contribution in [0, 0.1) is 0 Å². The van der Waals surface area contributed by atoms with Gasteiger partial charge in [0.2, 0.25) is 0 Å². The lowest BCUT2D eigenvalue weighted by Gasteiger charge is -2.07. The number of rotatable bonds is 4. The average Bonchev–Trinajstić information content (AvgIpc) is 3.16. The Balaban J connectivity index is 0.00000240. The second kappa shape index (κ2) is 8.20. The second-order valence-corrected chi connectivity index (χ2v) is 6.20. The molecule has 0 aliphatic heterocycles. The third-order valence-electron chi connectivity index (χ3n) is 4.48. The third kappa shape index (κ3) is 3.86. The molecule has 3 N–H and O–H groups in total. The van der Waals surface area contributed by atoms with Crippen LogP contribution in [0.15, 0.2) is 54.7 Å². The average molecular weight is 411 g/mol. The van der Waals surface area contributed by atoms with Gasteiger partial charge in [-0.2, -0.15) is 0 Å². The molecule has 0 fully saturated rings. The molecule has 2 aromatic carbocycles. The SMILES string of the molecule is COC(=O)c1ccc2nc(-c3cc(-c4cccc(OC)c4)cnc3N)[nH]c2c1.Cl. The molecule has 0 unspecified atom stereocenters. The molecule has 0 aliphatic rings. The lowest BCUT2D eigenvalue weighted by Crippen LogP contribution is -2.00. The monoisotopic (exact) mass is 410 g/mol. The number of nitrogens with one attached hydrogen (secondary N) is 1. The van der Waals surface area contributed by atoms with Gasteiger partial charge in [-0.15, -0.1) is 12.4 Å². The molecule has 8 heteroatoms. The summed E-state index contributed by atoms with van der Waals surface area (Å²) in [5.74, 6) is 1.29. The van der Waals surface area contributed by atoms with Crippen molar-refractivity contribution in [3.8, 4) is 28.3 Å². The summed E-state index contributed by atoms with van der Waals surface area (Å²) >= 11 is 0. The summed E-state index contributed by atoms with van der Waals surface area (Å²) in [7, 11) is 2.98. The number of carbonyl (C=O) groups excluding carboxylic acids is 1. The number of fused-ring (bicyclic) bond motifs is 1. The van der Waals surface area contributed by atoms with Crippen molar-refractivity contribution in [2.75, 3.05) is 20.0 Å². The number of aromatic nitrogens is 3. The number of halogens is 1. The Labute approximate surface area is 173 Å². The Morgan fingerprint density at radius 2 is 1.90 bits per heavy atom. The number of methoxy groups -OCH3 is 2. The molecule has 2 heterocycles. The number of anilines is 1. The number of aromatic amines is 1. The van der Waals surface area contributed by atoms with E-state index < -0.39 is 5.97 Å². The van der Waals surface area contributed by atoms with Crippen LogP contribution in [0.25, 0.3) is 33.5 Å². The fourth-order valence-corrected chi connectivity index (χ4v) is 3.01. The highest BCUT2D eigenvalue weighted by molar-refractivity contribution is 5.94. The minimum absolute atomic E-state index is 0. The van der Waals surface area contributed by atoms with Crippen molar-refractivity contribution in [2.24, 2.45) is 0 Å². The maximum Gasteiger partial charge on any atom is 0.337 e. The van der Waals surface area contributed by atoms with Gasteiger partial charge in [-0.25, -0.2) is 14.8 Å². The molecule has 0 saturated heterocycles. The van der Waals surface area contributed by atoms with Crippen molar-refractivity contribution < 1.29 is 14.3 Å². The zero-order valence-electron chi connectivity index (χ0n) is 15.8. The summed E-state index contributed by atoms with van der Waals surface area (Å²) in [6.07, 6.45) is 1.71. The zero-order valence-corrected chi connectivity index (χ0v) is 16.6. The first-order valence-corrected chi connectivity index (χ1v) is 8.57. The number of pyridine rings is 1. The Morgan fingerprint density at radius 3 is 2.66 bits per heavy atom. The molecule has 0 saturated carbocycles. The van der Waals surface area contributed by atoms with Crippen molar-refractivity contribution in [1.29, 1.82) is 0 Å². The van der Waals surface area contributed by atoms with Crippen molar-refractivity contribution >= 4 is 35.2 Å². The molecule has 2 aromatic heterocycles. The maximum absolute atomic E-state index is 11.7. The van der Waals surface area contributed by atoms with Gasteiger partial charge in [0.25, 0.3) is 0 Å². The predicted molar refractivity (Wildman–Crippen MR) is 114 cm³/mol. The molecule has 0 aliphatic carbocycles. The molecular formula is C21H19ClN4O3. The summed E-state index contributed by atoms with van der Waals surface area (Å²) < 4.78 is 10.1. The van der Waals surface area contributed by atoms with E-state index in [9.17, 15) is 4.79 Å². The van der Waals surface area contributed by atoms with Gasteiger partial charge in [0, 0.05) is 11.8 Å². The highest BCUT2D eigenvalue weighted by Gasteiger charge is 2.13. The number of nitrogens with two attached hydrogens (primary N) is 1. The zero-order chi connectivity index (χ0) is 19.7. The molecule has 0 bridgehead atoms. The van der Waals surface area contributed by atoms with Crippen LogP contribution >= 0.6 is 12.4 Å². The summed E-state index contributed by atoms with van der Waals surface area (Å²) in [4.78, 5) is 23.9. The second-order valence-electron chi connectivity index (χ2n) is 6.20. The number of benzene rings is 2. The maximum atomic E-state index is 11.7. The standard InChI is InChI=1S/C21H18N4O3.ClH/c1-27-15-5-3-4-12(8-15)14-9-16(19(22)23-11-14)20-24-17-7-6-13(21(26)28-2)10-18(17)25-20;/h3-11H,1-2H3,(H2,22,23)(H,24,25);1H. The molecule has 29 heavy (non-hydrogen) atoms. The van der Waals surface area contributed by atoms with E-state index >= 15 is 0 Å². The van der Waals surface area contributed by atoms with Gasteiger partial charge in [0.15, 0.2) is 0 Å². The molecule has 4 rings (SSSR count). The van der Waals surface area contributed by atoms with Crippen LogP contribution in [-0.4, -0.2) is 35.1 Å². The highest BCUT2D eigenvalue weighted by atomic mass is 35.5. The van der Waals surface area contributed by atoms with Gasteiger partial charge in [0.1, 0.15) is 17.4 Å². The smallest absolute Gasteiger partial charge is 0.337 e. The van der Waals surface area contributed by atoms with Crippen LogP contribution in [0.3, 0.4) is 0 Å². The summed E-state index contributed by atoms with van der Waals surface area (Å²) in [5.41, 5.74) is 10.5. The number of carbonyl (C=O) groups is 1. The van der Waals surface area contributed by atoms with Crippen molar-refractivity contribution in [3.05, 3.63) is 60.3 Å². The summed E-state index contributed by atoms with van der Waals surface area (Å²) in [6, 6.07) is 14.8. The molecule has 0 atom stereocenters. The van der Waals surface area contributed by atoms with Crippen LogP contribution in [0.1, 0.15) is 10.4 Å². The van der Waals surface area contributed by atoms with E-state index in [4.69, 9.17) is 15.2 Å². The van der Waals surface area contributed by atoms with E-state index in [-0.39, 0.29) is 12.4 Å². The quantitative estimate of drug-likeness (QED) is 0.491. The van der Waals surface area contributed by atoms with Crippen LogP contribution in [0.4, 0.5) is 5.82 Å². The number of esters is 1. The fraction of sp³-hybridized carbons (Fsp3) is 0.0952. The minimum Gasteiger partial charge on any atom is -0.497 e. The highest BCUT2D eigenvalue weighted by Crippen LogP contribution is 2.30. The van der Waals surface area contributed by atoms with E-state index in [1.54, 1.807) is 31.5 Å². The van der Waals surface area contributed by atoms with E-state index in [1.165, 1.54) is 7.11 Å². The summed E-state index contributed by atoms with van der Waals surface area (Å²) in [5, 5.41) is 0. The first-order chi connectivity index (χ1) is 13.6. The fourth-order valence-electron chi connectivity index (χ4n) is 3.01. The lowest BCUT2D eigenvalue weighted by atomic mass is 10.0. The van der Waals surface area contributed by atoms with Crippen LogP contribution in [-0.2, 0) is 4.74 Å². The van der Waals surface area contributed by atoms with Gasteiger partial charge in [-0.3, -0.25) is 0 Å². The number of hydrogen-bond acceptors (Lipinski definition) is 6. The van der Waals surface area contributed by atoms with E-state index in [2.05, 4.69) is 15.0 Å². The van der Waals surface area contributed by atoms with Crippen molar-refractivity contribution in [2.45, 2.75) is 0 Å². The largest absolute Gasteiger partial charge is 0.497 e. The molecule has 0 amide bonds. The predicted octanol–water partition coefficient (Wildman–Crippen LogP) is 4.09. The Bertz CT molecular complexity index is 1190. The van der Waals surface area contributed by atoms with Crippen LogP contribution in [0.2, 0.25) is 0 Å². The molecule has 7 nitrogen and oxygen atoms in total. The van der Waals surface area contributed by atoms with Crippen molar-refractivity contribution in [1.82, 2.24) is 15.0 Å². The number of nitrogens with zero attached hydrogens (tertiary/aromatic N) is 2. The third-order valence-corrected chi connectivity index (χ3v) is 4.48. The number of H-pyrrole nitrogens is 1. The molecule has 4 aromatic rings. The number of nitrogen functional groups attached to an aromatic ring is 1. The van der Waals surface area contributed by atoms with Gasteiger partial charge >= 0.3 is 5.97 Å². The van der Waals surface area contributed by atoms with E-state index in [1.807, 2.05) is 30.3 Å². The number of imidazole rings is 1. The first kappa shape index (κ1) is 20.2. The van der Waals surface area contributed by atoms with Gasteiger partial charge < -0.3 is 20.2 Å². The van der Waals surface area contributed by atoms with E-state index in [0.29, 0.717) is 33.8 Å². The molecule has 0 spiro atoms. The molecule has 0 radical (unpaired) electrons. The Morgan fingerprint density at radius 1 is 1.07 bits per heavy atom. The van der Waals surface area contributed by atoms with Gasteiger partial charge in [0.05, 0.1) is 36.4 Å². The number of hydrogen-bond donors (Lipinski definition) is 2. The topological polar surface area (TPSA) is 103 Å². The lowest BCUT2D eigenvalue weighted by molar-refractivity contribution is 0.0601. The van der Waals surface area contributed by atoms with E-state index in [0.717, 1.165) is 16.9 Å². The first-order valence-electron chi connectivity index (χ1n) is 8.57. The van der Waals surface area contributed by atoms with Gasteiger partial charge in [-0.1, -0.05) is 12.1 Å². The minimum atomic E-state index is -0.403. The van der Waals surface area contributed by atoms with Crippen LogP contribution < -0.4 is 10.5 Å². The molecular weight excluding hydrogens is 392 g/mol. The summed E-state index contributed by atoms with van der Waals surface area (Å²) in [6.45, 7) is 0. The normalized spacial score (nSPS) is 10.4. The van der Waals surface area contributed by atoms with Gasteiger partial charge in [-0.05, 0) is 42.0 Å². The molecule has 148 valence electrons. The Kier molecular flexibility index (Phi) is 5.70. The number of ether oxygens (including phenoxy) is 2. The van der Waals surface area contributed by atoms with Crippen molar-refractivity contribution in [3.63, 3.8) is 0 Å². The van der Waals surface area contributed by atoms with Crippen LogP contribution in [0.5, 0.6) is 5.75 Å².